The van der Waals surface area contributed by atoms with Gasteiger partial charge in [0.15, 0.2) is 0 Å². The van der Waals surface area contributed by atoms with Crippen LogP contribution in [0.1, 0.15) is 0 Å². The van der Waals surface area contributed by atoms with Crippen LogP contribution in [0.3, 0.4) is 0 Å². The minimum Gasteiger partial charge on any atom is -0.369 e. The first kappa shape index (κ1) is 6.29. The van der Waals surface area contributed by atoms with Gasteiger partial charge >= 0.3 is 0 Å². The molecule has 1 fully saturated rings. The quantitative estimate of drug-likeness (QED) is 0.582. The maximum atomic E-state index is 10.4. The Hall–Kier alpha value is 0.170. The van der Waals surface area contributed by atoms with Gasteiger partial charge in [0.1, 0.15) is 0 Å². The molecule has 0 spiro atoms. The third-order valence-electron chi connectivity index (χ3n) is 0.939. The molecule has 1 aliphatic heterocycles. The highest BCUT2D eigenvalue weighted by Gasteiger charge is 2.20. The highest BCUT2D eigenvalue weighted by atomic mass is 32.2. The van der Waals surface area contributed by atoms with Gasteiger partial charge in [-0.2, -0.15) is 0 Å². The van der Waals surface area contributed by atoms with Crippen LogP contribution in [0.25, 0.3) is 0 Å². The van der Waals surface area contributed by atoms with Gasteiger partial charge in [-0.3, -0.25) is 4.79 Å². The topological polar surface area (TPSA) is 43.1 Å². The first-order valence-electron chi connectivity index (χ1n) is 2.29. The van der Waals surface area contributed by atoms with E-state index in [4.69, 9.17) is 5.73 Å². The summed E-state index contributed by atoms with van der Waals surface area (Å²) in [6, 6.07) is 0. The summed E-state index contributed by atoms with van der Waals surface area (Å²) in [5, 5.41) is 1.10. The van der Waals surface area contributed by atoms with E-state index < -0.39 is 0 Å². The lowest BCUT2D eigenvalue weighted by Crippen LogP contribution is -2.25. The van der Waals surface area contributed by atoms with Crippen LogP contribution in [0.2, 0.25) is 0 Å². The van der Waals surface area contributed by atoms with Gasteiger partial charge in [0.05, 0.1) is 5.25 Å². The van der Waals surface area contributed by atoms with Crippen LogP contribution in [0, 0.1) is 0 Å². The van der Waals surface area contributed by atoms with E-state index in [1.165, 1.54) is 0 Å². The summed E-state index contributed by atoms with van der Waals surface area (Å²) >= 11 is 3.41. The Morgan fingerprint density at radius 1 is 1.75 bits per heavy atom. The molecule has 0 saturated carbocycles. The lowest BCUT2D eigenvalue weighted by Gasteiger charge is -1.97. The van der Waals surface area contributed by atoms with E-state index in [0.717, 1.165) is 10.8 Å². The second-order valence-corrected chi connectivity index (χ2v) is 4.13. The summed E-state index contributed by atoms with van der Waals surface area (Å²) in [7, 11) is 0. The van der Waals surface area contributed by atoms with E-state index in [1.54, 1.807) is 23.5 Å². The minimum absolute atomic E-state index is 0.0833. The van der Waals surface area contributed by atoms with Crippen LogP contribution < -0.4 is 5.73 Å². The molecule has 1 aliphatic rings. The molecule has 2 nitrogen and oxygen atoms in total. The van der Waals surface area contributed by atoms with Crippen LogP contribution in [-0.4, -0.2) is 22.0 Å². The van der Waals surface area contributed by atoms with Gasteiger partial charge in [0.2, 0.25) is 5.91 Å². The predicted molar refractivity (Wildman–Crippen MR) is 37.9 cm³/mol. The van der Waals surface area contributed by atoms with Gasteiger partial charge in [-0.25, -0.2) is 0 Å². The van der Waals surface area contributed by atoms with Gasteiger partial charge < -0.3 is 5.73 Å². The van der Waals surface area contributed by atoms with Crippen molar-refractivity contribution in [2.75, 3.05) is 10.8 Å². The molecule has 1 heterocycles. The molecule has 2 N–H and O–H groups in total. The fourth-order valence-corrected chi connectivity index (χ4v) is 3.14. The average Bonchev–Trinajstić information content (AvgIpc) is 2.12. The number of hydrogen-bond acceptors (Lipinski definition) is 3. The zero-order chi connectivity index (χ0) is 5.98. The maximum absolute atomic E-state index is 10.4. The number of nitrogens with two attached hydrogens (primary N) is 1. The molecule has 0 aliphatic carbocycles. The molecule has 1 unspecified atom stereocenters. The van der Waals surface area contributed by atoms with Gasteiger partial charge in [-0.05, 0) is 0 Å². The maximum Gasteiger partial charge on any atom is 0.231 e. The second-order valence-electron chi connectivity index (χ2n) is 1.55. The number of carbonyl (C=O) groups is 1. The second kappa shape index (κ2) is 2.64. The molecule has 0 aromatic rings. The molecular weight excluding hydrogens is 142 g/mol. The number of amides is 1. The molecule has 4 heteroatoms. The first-order valence-corrected chi connectivity index (χ1v) is 4.49. The van der Waals surface area contributed by atoms with Crippen molar-refractivity contribution in [1.29, 1.82) is 0 Å². The number of hydrogen-bond donors (Lipinski definition) is 1. The molecular formula is C4H7NOS2. The van der Waals surface area contributed by atoms with E-state index in [-0.39, 0.29) is 11.2 Å². The summed E-state index contributed by atoms with van der Waals surface area (Å²) in [5.41, 5.74) is 5.02. The van der Waals surface area contributed by atoms with Crippen molar-refractivity contribution in [3.05, 3.63) is 0 Å². The largest absolute Gasteiger partial charge is 0.369 e. The Kier molecular flexibility index (Phi) is 2.08. The zero-order valence-corrected chi connectivity index (χ0v) is 5.93. The fraction of sp³-hybridized carbons (Fsp3) is 0.750. The summed E-state index contributed by atoms with van der Waals surface area (Å²) in [4.78, 5) is 10.4. The van der Waals surface area contributed by atoms with E-state index in [1.807, 2.05) is 0 Å². The number of primary amides is 1. The Morgan fingerprint density at radius 3 is 2.75 bits per heavy atom. The number of rotatable bonds is 1. The van der Waals surface area contributed by atoms with Gasteiger partial charge in [0, 0.05) is 10.8 Å². The zero-order valence-electron chi connectivity index (χ0n) is 4.29. The Balaban J connectivity index is 2.35. The van der Waals surface area contributed by atoms with Crippen molar-refractivity contribution < 1.29 is 4.79 Å². The molecule has 0 aromatic heterocycles. The van der Waals surface area contributed by atoms with Crippen LogP contribution >= 0.6 is 23.5 Å². The van der Waals surface area contributed by atoms with Crippen LogP contribution in [0.4, 0.5) is 0 Å². The fourth-order valence-electron chi connectivity index (χ4n) is 0.498. The molecule has 0 radical (unpaired) electrons. The monoisotopic (exact) mass is 149 g/mol. The van der Waals surface area contributed by atoms with Crippen LogP contribution in [0.15, 0.2) is 0 Å². The molecule has 46 valence electrons. The van der Waals surface area contributed by atoms with Crippen molar-refractivity contribution in [1.82, 2.24) is 0 Å². The molecule has 1 saturated heterocycles. The number of carbonyl (C=O) groups excluding carboxylic acids is 1. The van der Waals surface area contributed by atoms with E-state index in [2.05, 4.69) is 0 Å². The summed E-state index contributed by atoms with van der Waals surface area (Å²) < 4.78 is 0. The van der Waals surface area contributed by atoms with Crippen LogP contribution in [0.5, 0.6) is 0 Å². The molecule has 0 aromatic carbocycles. The summed E-state index contributed by atoms with van der Waals surface area (Å²) in [6.07, 6.45) is 0. The molecule has 1 amide bonds. The lowest BCUT2D eigenvalue weighted by molar-refractivity contribution is -0.117. The Labute approximate surface area is 56.6 Å². The standard InChI is InChI=1S/C4H7NOS2/c5-4(6)3-1-7-2-8-3/h3H,1-2H2,(H2,5,6). The smallest absolute Gasteiger partial charge is 0.231 e. The van der Waals surface area contributed by atoms with Gasteiger partial charge in [-0.1, -0.05) is 0 Å². The summed E-state index contributed by atoms with van der Waals surface area (Å²) in [5.74, 6) is 0.736. The van der Waals surface area contributed by atoms with Crippen LogP contribution in [-0.2, 0) is 4.79 Å². The summed E-state index contributed by atoms with van der Waals surface area (Å²) in [6.45, 7) is 0. The Bertz CT molecular complexity index is 100. The van der Waals surface area contributed by atoms with E-state index in [9.17, 15) is 4.79 Å². The SMILES string of the molecule is NC(=O)C1CSCS1. The highest BCUT2D eigenvalue weighted by Crippen LogP contribution is 2.28. The molecule has 1 rings (SSSR count). The molecule has 0 bridgehead atoms. The Morgan fingerprint density at radius 2 is 2.50 bits per heavy atom. The molecule has 8 heavy (non-hydrogen) atoms. The third kappa shape index (κ3) is 1.32. The van der Waals surface area contributed by atoms with Gasteiger partial charge in [-0.15, -0.1) is 23.5 Å². The van der Waals surface area contributed by atoms with Crippen molar-refractivity contribution in [2.45, 2.75) is 5.25 Å². The van der Waals surface area contributed by atoms with Crippen molar-refractivity contribution in [2.24, 2.45) is 5.73 Å². The predicted octanol–water partition coefficient (Wildman–Crippen LogP) is 0.278. The minimum atomic E-state index is -0.167. The third-order valence-corrected chi connectivity index (χ3v) is 3.73. The van der Waals surface area contributed by atoms with E-state index in [0.29, 0.717) is 0 Å². The van der Waals surface area contributed by atoms with Crippen molar-refractivity contribution >= 4 is 29.4 Å². The number of thioether (sulfide) groups is 2. The highest BCUT2D eigenvalue weighted by molar-refractivity contribution is 8.19. The normalized spacial score (nSPS) is 28.2. The lowest BCUT2D eigenvalue weighted by atomic mass is 10.5. The molecule has 1 atom stereocenters. The average molecular weight is 149 g/mol. The first-order chi connectivity index (χ1) is 3.80. The van der Waals surface area contributed by atoms with E-state index >= 15 is 0 Å². The van der Waals surface area contributed by atoms with Crippen molar-refractivity contribution in [3.63, 3.8) is 0 Å². The van der Waals surface area contributed by atoms with Crippen molar-refractivity contribution in [3.8, 4) is 0 Å². The van der Waals surface area contributed by atoms with Gasteiger partial charge in [0.25, 0.3) is 0 Å².